The average molecular weight is 301 g/mol. The van der Waals surface area contributed by atoms with Crippen LogP contribution in [0, 0.1) is 0 Å². The first-order valence-corrected chi connectivity index (χ1v) is 5.82. The van der Waals surface area contributed by atoms with Gasteiger partial charge in [0.15, 0.2) is 11.5 Å². The van der Waals surface area contributed by atoms with E-state index in [9.17, 15) is 9.59 Å². The minimum absolute atomic E-state index is 0. The van der Waals surface area contributed by atoms with Crippen molar-refractivity contribution in [3.63, 3.8) is 0 Å². The Morgan fingerprint density at radius 3 is 2.60 bits per heavy atom. The molecular weight excluding hydrogens is 290 g/mol. The predicted octanol–water partition coefficient (Wildman–Crippen LogP) is 1.07. The van der Waals surface area contributed by atoms with Crippen LogP contribution in [0.1, 0.15) is 17.3 Å². The molecule has 2 aromatic rings. The molecule has 1 aromatic heterocycles. The Labute approximate surface area is 143 Å². The molecule has 1 aliphatic heterocycles. The second kappa shape index (κ2) is 5.63. The number of pyridine rings is 1. The zero-order chi connectivity index (χ0) is 13.6. The molecule has 0 spiro atoms. The van der Waals surface area contributed by atoms with E-state index in [1.54, 1.807) is 16.7 Å². The number of carboxylic acids is 1. The van der Waals surface area contributed by atoms with Crippen LogP contribution in [0.3, 0.4) is 0 Å². The number of rotatable bonds is 2. The third-order valence-electron chi connectivity index (χ3n) is 3.15. The van der Waals surface area contributed by atoms with Crippen LogP contribution in [0.15, 0.2) is 23.1 Å². The molecule has 2 heterocycles. The monoisotopic (exact) mass is 301 g/mol. The Morgan fingerprint density at radius 1 is 1.35 bits per heavy atom. The fraction of sp³-hybridized carbons (Fsp3) is 0.231. The van der Waals surface area contributed by atoms with Crippen molar-refractivity contribution in [1.29, 1.82) is 0 Å². The van der Waals surface area contributed by atoms with Crippen LogP contribution in [0.5, 0.6) is 11.5 Å². The van der Waals surface area contributed by atoms with Gasteiger partial charge in [-0.25, -0.2) is 4.79 Å². The molecule has 7 heteroatoms. The number of benzene rings is 1. The molecule has 1 aromatic carbocycles. The Hall–Kier alpha value is -1.24. The third kappa shape index (κ3) is 2.28. The van der Waals surface area contributed by atoms with Gasteiger partial charge in [0, 0.05) is 56.5 Å². The van der Waals surface area contributed by atoms with Crippen molar-refractivity contribution in [2.75, 3.05) is 6.79 Å². The quantitative estimate of drug-likeness (QED) is 0.840. The molecule has 0 aliphatic carbocycles. The maximum atomic E-state index is 12.1. The summed E-state index contributed by atoms with van der Waals surface area (Å²) in [6.45, 7) is 2.54. The summed E-state index contributed by atoms with van der Waals surface area (Å²) in [5.74, 6) is -0.196. The fourth-order valence-electron chi connectivity index (χ4n) is 2.19. The summed E-state index contributed by atoms with van der Waals surface area (Å²) in [5.41, 5.74) is -0.111. The van der Waals surface area contributed by atoms with Crippen LogP contribution in [0.25, 0.3) is 10.9 Å². The Morgan fingerprint density at radius 2 is 2.00 bits per heavy atom. The zero-order valence-corrected chi connectivity index (χ0v) is 13.1. The smallest absolute Gasteiger partial charge is 0.341 e. The topological polar surface area (TPSA) is 77.8 Å². The summed E-state index contributed by atoms with van der Waals surface area (Å²) < 4.78 is 12.2. The van der Waals surface area contributed by atoms with Gasteiger partial charge in [-0.2, -0.15) is 0 Å². The minimum Gasteiger partial charge on any atom is -0.477 e. The molecule has 0 saturated carbocycles. The van der Waals surface area contributed by atoms with Crippen molar-refractivity contribution < 1.29 is 19.4 Å². The van der Waals surface area contributed by atoms with Crippen molar-refractivity contribution >= 4 is 54.6 Å². The van der Waals surface area contributed by atoms with E-state index in [-0.39, 0.29) is 50.1 Å². The molecule has 6 nitrogen and oxygen atoms in total. The first-order chi connectivity index (χ1) is 9.11. The largest absolute Gasteiger partial charge is 0.477 e. The number of nitrogens with zero attached hydrogens (tertiary/aromatic N) is 1. The Bertz CT molecular complexity index is 752. The normalized spacial score (nSPS) is 12.2. The molecule has 0 amide bonds. The van der Waals surface area contributed by atoms with Gasteiger partial charge in [-0.05, 0) is 13.0 Å². The predicted molar refractivity (Wildman–Crippen MR) is 72.7 cm³/mol. The van der Waals surface area contributed by atoms with Gasteiger partial charge < -0.3 is 19.1 Å². The van der Waals surface area contributed by atoms with E-state index < -0.39 is 11.4 Å². The minimum atomic E-state index is -1.23. The van der Waals surface area contributed by atoms with Gasteiger partial charge >= 0.3 is 5.97 Å². The van der Waals surface area contributed by atoms with Gasteiger partial charge in [0.05, 0.1) is 10.9 Å². The van der Waals surface area contributed by atoms with Crippen LogP contribution < -0.4 is 14.9 Å². The molecule has 0 fully saturated rings. The van der Waals surface area contributed by atoms with E-state index >= 15 is 0 Å². The number of hydrogen-bond donors (Lipinski definition) is 1. The van der Waals surface area contributed by atoms with Gasteiger partial charge in [-0.15, -0.1) is 0 Å². The summed E-state index contributed by atoms with van der Waals surface area (Å²) in [4.78, 5) is 23.2. The molecule has 1 N–H and O–H groups in total. The van der Waals surface area contributed by atoms with E-state index in [4.69, 9.17) is 14.6 Å². The molecule has 1 aliphatic rings. The van der Waals surface area contributed by atoms with E-state index in [1.165, 1.54) is 6.20 Å². The van der Waals surface area contributed by atoms with Gasteiger partial charge in [0.1, 0.15) is 5.56 Å². The Balaban J connectivity index is 0.00000147. The summed E-state index contributed by atoms with van der Waals surface area (Å²) in [7, 11) is 0. The number of fused-ring (bicyclic) bond motifs is 2. The second-order valence-corrected chi connectivity index (χ2v) is 4.19. The summed E-state index contributed by atoms with van der Waals surface area (Å²) in [5, 5.41) is 9.39. The van der Waals surface area contributed by atoms with Gasteiger partial charge in [0.2, 0.25) is 12.2 Å². The molecule has 0 atom stereocenters. The molecule has 0 saturated heterocycles. The van der Waals surface area contributed by atoms with Crippen molar-refractivity contribution in [1.82, 2.24) is 4.57 Å². The van der Waals surface area contributed by atoms with Crippen LogP contribution in [-0.2, 0) is 6.54 Å². The average Bonchev–Trinajstić information content (AvgIpc) is 2.84. The zero-order valence-electron chi connectivity index (χ0n) is 10.9. The Kier molecular flexibility index (Phi) is 4.27. The van der Waals surface area contributed by atoms with Crippen LogP contribution >= 0.6 is 0 Å². The van der Waals surface area contributed by atoms with Crippen LogP contribution in [0.2, 0.25) is 0 Å². The molecule has 20 heavy (non-hydrogen) atoms. The van der Waals surface area contributed by atoms with Gasteiger partial charge in [0.25, 0.3) is 0 Å². The fourth-order valence-corrected chi connectivity index (χ4v) is 2.19. The number of hydrogen-bond acceptors (Lipinski definition) is 4. The van der Waals surface area contributed by atoms with Crippen molar-refractivity contribution in [2.24, 2.45) is 0 Å². The molecule has 3 rings (SSSR count). The van der Waals surface area contributed by atoms with Crippen molar-refractivity contribution in [3.05, 3.63) is 34.1 Å². The van der Waals surface area contributed by atoms with E-state index in [0.717, 1.165) is 0 Å². The summed E-state index contributed by atoms with van der Waals surface area (Å²) in [6.07, 6.45) is 1.36. The number of aryl methyl sites for hydroxylation is 1. The molecular formula is C13H11CaNO5. The number of carbonyl (C=O) groups is 1. The number of ether oxygens (including phenoxy) is 2. The number of aromatic carboxylic acids is 1. The van der Waals surface area contributed by atoms with Crippen molar-refractivity contribution in [2.45, 2.75) is 13.5 Å². The standard InChI is InChI=1S/C13H11NO5.Ca/c1-2-14-5-8(13(16)17)12(15)7-3-10-11(4-9(7)14)19-6-18-10;/h3-5H,2,6H2,1H3,(H,16,17);. The van der Waals surface area contributed by atoms with Gasteiger partial charge in [-0.1, -0.05) is 0 Å². The molecule has 100 valence electrons. The second-order valence-electron chi connectivity index (χ2n) is 4.19. The molecule has 0 bridgehead atoms. The maximum Gasteiger partial charge on any atom is 0.341 e. The van der Waals surface area contributed by atoms with Gasteiger partial charge in [-0.3, -0.25) is 4.79 Å². The summed E-state index contributed by atoms with van der Waals surface area (Å²) >= 11 is 0. The molecule has 2 radical (unpaired) electrons. The first kappa shape index (κ1) is 15.2. The SMILES string of the molecule is CCn1cc(C(=O)O)c(=O)c2cc3c(cc21)OCO3.[Ca]. The number of carboxylic acid groups (broad SMARTS) is 1. The summed E-state index contributed by atoms with van der Waals surface area (Å²) in [6, 6.07) is 3.24. The molecule has 0 unspecified atom stereocenters. The van der Waals surface area contributed by atoms with E-state index in [0.29, 0.717) is 28.9 Å². The third-order valence-corrected chi connectivity index (χ3v) is 3.15. The van der Waals surface area contributed by atoms with E-state index in [1.807, 2.05) is 6.92 Å². The van der Waals surface area contributed by atoms with Crippen LogP contribution in [0.4, 0.5) is 0 Å². The maximum absolute atomic E-state index is 12.1. The van der Waals surface area contributed by atoms with Crippen LogP contribution in [-0.4, -0.2) is 60.2 Å². The first-order valence-electron chi connectivity index (χ1n) is 5.82. The van der Waals surface area contributed by atoms with Crippen molar-refractivity contribution in [3.8, 4) is 11.5 Å². The number of aromatic nitrogens is 1. The van der Waals surface area contributed by atoms with E-state index in [2.05, 4.69) is 0 Å².